The first-order valence-corrected chi connectivity index (χ1v) is 29.7. The van der Waals surface area contributed by atoms with Gasteiger partial charge in [0.1, 0.15) is 23.0 Å². The van der Waals surface area contributed by atoms with Gasteiger partial charge in [0.05, 0.1) is 16.4 Å². The van der Waals surface area contributed by atoms with E-state index < -0.39 is 5.41 Å². The van der Waals surface area contributed by atoms with E-state index >= 15 is 0 Å². The van der Waals surface area contributed by atoms with Crippen LogP contribution in [-0.4, -0.2) is 4.57 Å². The second kappa shape index (κ2) is 22.2. The number of hydrogen-bond acceptors (Lipinski definition) is 3. The van der Waals surface area contributed by atoms with Gasteiger partial charge in [-0.25, -0.2) is 0 Å². The highest BCUT2D eigenvalue weighted by atomic mass is 16.5. The molecular weight excluding hydrogens is 1060 g/mol. The van der Waals surface area contributed by atoms with Crippen LogP contribution in [0.15, 0.2) is 299 Å². The molecule has 0 bridgehead atoms. The molecule has 4 heteroatoms. The van der Waals surface area contributed by atoms with Crippen LogP contribution < -0.4 is 14.4 Å². The van der Waals surface area contributed by atoms with Crippen LogP contribution in [0.1, 0.15) is 65.3 Å². The lowest BCUT2D eigenvalue weighted by atomic mass is 9.67. The van der Waals surface area contributed by atoms with Crippen LogP contribution in [0.2, 0.25) is 0 Å². The third-order valence-electron chi connectivity index (χ3n) is 17.3. The van der Waals surface area contributed by atoms with E-state index in [1.165, 1.54) is 44.2 Å². The van der Waals surface area contributed by atoms with Gasteiger partial charge >= 0.3 is 0 Å². The summed E-state index contributed by atoms with van der Waals surface area (Å²) in [7, 11) is 0. The lowest BCUT2D eigenvalue weighted by molar-refractivity contribution is 0.482. The molecule has 0 N–H and O–H groups in total. The van der Waals surface area contributed by atoms with Gasteiger partial charge in [-0.05, 0) is 205 Å². The highest BCUT2D eigenvalue weighted by Gasteiger charge is 2.46. The third kappa shape index (κ3) is 9.91. The molecule has 12 aromatic carbocycles. The van der Waals surface area contributed by atoms with Crippen LogP contribution in [0, 0.1) is 0 Å². The van der Waals surface area contributed by atoms with Crippen molar-refractivity contribution in [3.8, 4) is 62.1 Å². The molecule has 1 atom stereocenters. The minimum atomic E-state index is -0.644. The number of nitrogens with zero attached hydrogens (tertiary/aromatic N) is 2. The van der Waals surface area contributed by atoms with E-state index in [-0.39, 0.29) is 5.41 Å². The molecule has 418 valence electrons. The summed E-state index contributed by atoms with van der Waals surface area (Å²) in [5, 5.41) is 2.34. The van der Waals surface area contributed by atoms with Crippen molar-refractivity contribution in [3.05, 3.63) is 343 Å². The molecule has 13 aromatic rings. The zero-order valence-corrected chi connectivity index (χ0v) is 49.1. The highest BCUT2D eigenvalue weighted by Crippen LogP contribution is 2.57. The average molecular weight is 1120 g/mol. The van der Waals surface area contributed by atoms with E-state index in [4.69, 9.17) is 9.47 Å². The summed E-state index contributed by atoms with van der Waals surface area (Å²) in [5.41, 5.74) is 22.1. The van der Waals surface area contributed by atoms with Crippen LogP contribution in [0.4, 0.5) is 17.1 Å². The van der Waals surface area contributed by atoms with Crippen LogP contribution >= 0.6 is 0 Å². The number of aromatic nitrogens is 1. The molecule has 87 heavy (non-hydrogen) atoms. The molecule has 1 aromatic heterocycles. The highest BCUT2D eigenvalue weighted by molar-refractivity contribution is 6.11. The number of hydrogen-bond donors (Lipinski definition) is 0. The molecule has 0 saturated carbocycles. The molecule has 14 rings (SSSR count). The Morgan fingerprint density at radius 1 is 0.368 bits per heavy atom. The molecule has 0 radical (unpaired) electrons. The fraction of sp³-hybridized carbons (Fsp3) is 0.0602. The lowest BCUT2D eigenvalue weighted by Crippen LogP contribution is -2.28. The zero-order chi connectivity index (χ0) is 59.2. The Labute approximate surface area is 510 Å². The molecule has 0 aliphatic heterocycles. The number of ether oxygens (including phenoxy) is 2. The van der Waals surface area contributed by atoms with Crippen LogP contribution in [-0.2, 0) is 10.8 Å². The first-order valence-electron chi connectivity index (χ1n) is 29.7. The van der Waals surface area contributed by atoms with Crippen molar-refractivity contribution in [2.75, 3.05) is 4.90 Å². The summed E-state index contributed by atoms with van der Waals surface area (Å²) in [5.74, 6) is 3.09. The fourth-order valence-electron chi connectivity index (χ4n) is 12.8. The molecule has 0 spiro atoms. The standard InChI is InChI=1S/C83H64N2O2/c1-7-56-19-25-59(26-20-56)61-29-51-80-76(53-61)77-54-62(30-52-81(77)85(80)68-39-48-73(49-40-68)87-71-44-23-58(9-3)24-45-71)60-27-35-66(36-28-60)84(67-37-31-63(32-38-67)82(4,5)6)69-41-50-75-74-17-13-14-18-78(74)83(79(75)55-69,64-15-11-10-12-16-64)65-33-46-72(47-34-65)86-70-42-21-57(8-2)22-43-70/h7-55H,1-3H2,4-6H3. The predicted octanol–water partition coefficient (Wildman–Crippen LogP) is 22.8. The van der Waals surface area contributed by atoms with Gasteiger partial charge in [-0.15, -0.1) is 0 Å². The van der Waals surface area contributed by atoms with Crippen LogP contribution in [0.3, 0.4) is 0 Å². The van der Waals surface area contributed by atoms with E-state index in [9.17, 15) is 0 Å². The smallest absolute Gasteiger partial charge is 0.127 e. The summed E-state index contributed by atoms with van der Waals surface area (Å²) < 4.78 is 15.1. The minimum Gasteiger partial charge on any atom is -0.457 e. The van der Waals surface area contributed by atoms with Crippen LogP contribution in [0.25, 0.3) is 79.1 Å². The van der Waals surface area contributed by atoms with E-state index in [0.717, 1.165) is 101 Å². The Morgan fingerprint density at radius 3 is 1.30 bits per heavy atom. The second-order valence-electron chi connectivity index (χ2n) is 23.5. The van der Waals surface area contributed by atoms with Gasteiger partial charge in [-0.2, -0.15) is 0 Å². The van der Waals surface area contributed by atoms with Gasteiger partial charge in [0, 0.05) is 33.5 Å². The number of anilines is 3. The van der Waals surface area contributed by atoms with Crippen molar-refractivity contribution in [2.24, 2.45) is 0 Å². The summed E-state index contributed by atoms with van der Waals surface area (Å²) in [4.78, 5) is 2.42. The Bertz CT molecular complexity index is 4700. The number of benzene rings is 12. The maximum atomic E-state index is 6.44. The normalized spacial score (nSPS) is 13.4. The Hall–Kier alpha value is -10.9. The van der Waals surface area contributed by atoms with Gasteiger partial charge in [0.2, 0.25) is 0 Å². The molecule has 1 aliphatic rings. The molecule has 0 amide bonds. The average Bonchev–Trinajstić information content (AvgIpc) is 1.60. The van der Waals surface area contributed by atoms with Crippen molar-refractivity contribution >= 4 is 57.1 Å². The summed E-state index contributed by atoms with van der Waals surface area (Å²) in [6.07, 6.45) is 5.56. The topological polar surface area (TPSA) is 26.6 Å². The Balaban J connectivity index is 0.871. The molecule has 0 saturated heterocycles. The Morgan fingerprint density at radius 2 is 0.782 bits per heavy atom. The Kier molecular flexibility index (Phi) is 13.8. The van der Waals surface area contributed by atoms with Crippen molar-refractivity contribution in [2.45, 2.75) is 31.6 Å². The first-order chi connectivity index (χ1) is 42.6. The number of rotatable bonds is 15. The fourth-order valence-corrected chi connectivity index (χ4v) is 12.8. The molecule has 1 unspecified atom stereocenters. The molecule has 1 heterocycles. The minimum absolute atomic E-state index is 0.0127. The third-order valence-corrected chi connectivity index (χ3v) is 17.3. The molecular formula is C83H64N2O2. The van der Waals surface area contributed by atoms with Gasteiger partial charge < -0.3 is 18.9 Å². The zero-order valence-electron chi connectivity index (χ0n) is 49.1. The van der Waals surface area contributed by atoms with Crippen molar-refractivity contribution in [1.29, 1.82) is 0 Å². The van der Waals surface area contributed by atoms with Gasteiger partial charge in [0.15, 0.2) is 0 Å². The summed E-state index contributed by atoms with van der Waals surface area (Å²) in [6, 6.07) is 101. The number of fused-ring (bicyclic) bond motifs is 6. The van der Waals surface area contributed by atoms with E-state index in [2.05, 4.69) is 268 Å². The van der Waals surface area contributed by atoms with Crippen molar-refractivity contribution in [1.82, 2.24) is 4.57 Å². The SMILES string of the molecule is C=Cc1ccc(Oc2ccc(-n3c4ccc(-c5ccc(C=C)cc5)cc4c4cc(-c5ccc(N(c6ccc(C(C)(C)C)cc6)c6ccc7c(c6)C(c6ccccc6)(c6ccc(Oc8ccc(C=C)cc8)cc6)c6ccccc6-7)cc5)ccc43)cc2)cc1. The molecule has 0 fully saturated rings. The van der Waals surface area contributed by atoms with E-state index in [0.29, 0.717) is 0 Å². The molecule has 4 nitrogen and oxygen atoms in total. The summed E-state index contributed by atoms with van der Waals surface area (Å²) in [6.45, 7) is 18.6. The molecule has 1 aliphatic carbocycles. The van der Waals surface area contributed by atoms with Crippen molar-refractivity contribution < 1.29 is 9.47 Å². The monoisotopic (exact) mass is 1120 g/mol. The predicted molar refractivity (Wildman–Crippen MR) is 366 cm³/mol. The van der Waals surface area contributed by atoms with Gasteiger partial charge in [-0.1, -0.05) is 216 Å². The largest absolute Gasteiger partial charge is 0.457 e. The van der Waals surface area contributed by atoms with Crippen molar-refractivity contribution in [3.63, 3.8) is 0 Å². The van der Waals surface area contributed by atoms with Gasteiger partial charge in [0.25, 0.3) is 0 Å². The summed E-state index contributed by atoms with van der Waals surface area (Å²) >= 11 is 0. The lowest BCUT2D eigenvalue weighted by Gasteiger charge is -2.35. The first kappa shape index (κ1) is 54.0. The maximum absolute atomic E-state index is 6.44. The second-order valence-corrected chi connectivity index (χ2v) is 23.5. The van der Waals surface area contributed by atoms with Gasteiger partial charge in [-0.3, -0.25) is 0 Å². The van der Waals surface area contributed by atoms with E-state index in [1.54, 1.807) is 0 Å². The van der Waals surface area contributed by atoms with E-state index in [1.807, 2.05) is 78.9 Å². The quantitative estimate of drug-likeness (QED) is 0.102. The maximum Gasteiger partial charge on any atom is 0.127 e. The van der Waals surface area contributed by atoms with Crippen LogP contribution in [0.5, 0.6) is 23.0 Å².